The van der Waals surface area contributed by atoms with Crippen molar-refractivity contribution in [3.63, 3.8) is 0 Å². The van der Waals surface area contributed by atoms with Gasteiger partial charge >= 0.3 is 5.97 Å². The first-order valence-corrected chi connectivity index (χ1v) is 10.9. The van der Waals surface area contributed by atoms with Gasteiger partial charge in [-0.05, 0) is 23.1 Å². The number of carboxylic acid groups (broad SMARTS) is 1. The SMILES string of the molecule is CC.O=[C-]NC(CCC(=O)NC(c1ccccc1)(c1ccccc1)c1ccccc1)C(=O)O.[Fm]. The Bertz CT molecular complexity index is 918. The average molecular weight is 703 g/mol. The monoisotopic (exact) mass is 702 g/mol. The van der Waals surface area contributed by atoms with Crippen molar-refractivity contribution in [2.75, 3.05) is 0 Å². The van der Waals surface area contributed by atoms with Gasteiger partial charge in [0.25, 0.3) is 0 Å². The third-order valence-electron chi connectivity index (χ3n) is 5.14. The van der Waals surface area contributed by atoms with Gasteiger partial charge < -0.3 is 20.5 Å². The van der Waals surface area contributed by atoms with Crippen LogP contribution in [0, 0.1) is 0 Å². The van der Waals surface area contributed by atoms with Gasteiger partial charge in [-0.1, -0.05) is 105 Å². The maximum Gasteiger partial charge on any atom is 0.323 e. The maximum atomic E-state index is 13.1. The van der Waals surface area contributed by atoms with Crippen LogP contribution in [-0.2, 0) is 19.9 Å². The molecule has 3 N–H and O–H groups in total. The zero-order chi connectivity index (χ0) is 24.1. The van der Waals surface area contributed by atoms with Gasteiger partial charge in [0.1, 0.15) is 5.54 Å². The zero-order valence-corrected chi connectivity index (χ0v) is 21.5. The minimum absolute atomic E-state index is 0. The van der Waals surface area contributed by atoms with E-state index in [1.54, 1.807) is 0 Å². The molecule has 3 aromatic rings. The molecule has 2 amide bonds. The van der Waals surface area contributed by atoms with Gasteiger partial charge in [0.2, 0.25) is 5.91 Å². The molecule has 0 fully saturated rings. The van der Waals surface area contributed by atoms with Crippen LogP contribution in [-0.4, -0.2) is 29.4 Å². The molecule has 6 nitrogen and oxygen atoms in total. The minimum atomic E-state index is -1.21. The fourth-order valence-electron chi connectivity index (χ4n) is 3.66. The average Bonchev–Trinajstić information content (AvgIpc) is 2.87. The summed E-state index contributed by atoms with van der Waals surface area (Å²) < 4.78 is 0. The molecule has 184 valence electrons. The van der Waals surface area contributed by atoms with Crippen LogP contribution >= 0.6 is 0 Å². The summed E-state index contributed by atoms with van der Waals surface area (Å²) in [5.74, 6) is -1.55. The molecule has 1 unspecified atom stereocenters. The molecule has 0 saturated heterocycles. The number of amides is 2. The molecule has 0 aliphatic carbocycles. The summed E-state index contributed by atoms with van der Waals surface area (Å²) in [6.45, 7) is 4.00. The number of nitrogens with one attached hydrogen (secondary N) is 2. The summed E-state index contributed by atoms with van der Waals surface area (Å²) in [7, 11) is 0. The molecule has 0 aromatic heterocycles. The number of hydrogen-bond donors (Lipinski definition) is 3. The van der Waals surface area contributed by atoms with E-state index in [4.69, 9.17) is 0 Å². The first-order chi connectivity index (χ1) is 16.1. The van der Waals surface area contributed by atoms with Crippen LogP contribution in [0.1, 0.15) is 43.4 Å². The summed E-state index contributed by atoms with van der Waals surface area (Å²) in [6.07, 6.45) is 1.25. The smallest absolute Gasteiger partial charge is 0.323 e. The Morgan fingerprint density at radius 2 is 1.21 bits per heavy atom. The Kier molecular flexibility index (Phi) is 10.7. The number of aliphatic carboxylic acids is 1. The molecule has 3 rings (SSSR count). The van der Waals surface area contributed by atoms with E-state index in [-0.39, 0.29) is 18.7 Å². The van der Waals surface area contributed by atoms with Gasteiger partial charge in [-0.2, -0.15) is 6.41 Å². The fraction of sp³-hybridized carbons (Fsp3) is 0.222. The van der Waals surface area contributed by atoms with Crippen LogP contribution < -0.4 is 10.6 Å². The molecule has 1 atom stereocenters. The van der Waals surface area contributed by atoms with Crippen molar-refractivity contribution < 1.29 is 19.5 Å². The molecule has 0 heterocycles. The van der Waals surface area contributed by atoms with E-state index in [0.717, 1.165) is 16.7 Å². The van der Waals surface area contributed by atoms with Crippen LogP contribution in [0.2, 0.25) is 0 Å². The Hall–Kier alpha value is -4.93. The third kappa shape index (κ3) is 6.29. The molecule has 0 radical (unpaired) electrons. The number of carbonyl (C=O) groups excluding carboxylic acids is 2. The Labute approximate surface area is 194 Å². The van der Waals surface area contributed by atoms with Gasteiger partial charge in [-0.15, -0.1) is 0 Å². The van der Waals surface area contributed by atoms with E-state index in [1.807, 2.05) is 105 Å². The molecule has 0 saturated carbocycles. The van der Waals surface area contributed by atoms with Gasteiger partial charge in [0.15, 0.2) is 0 Å². The number of carbonyl (C=O) groups is 2. The van der Waals surface area contributed by atoms with Crippen molar-refractivity contribution >= 4 is 18.3 Å². The molecular weight excluding hydrogens is 673 g/mol. The van der Waals surface area contributed by atoms with E-state index >= 15 is 0 Å². The van der Waals surface area contributed by atoms with Crippen molar-refractivity contribution in [2.45, 2.75) is 38.3 Å². The van der Waals surface area contributed by atoms with Crippen LogP contribution in [0.4, 0.5) is 0 Å². The van der Waals surface area contributed by atoms with Crippen LogP contribution in [0.15, 0.2) is 91.0 Å². The van der Waals surface area contributed by atoms with E-state index in [9.17, 15) is 19.5 Å². The van der Waals surface area contributed by atoms with Crippen LogP contribution in [0.3, 0.4) is 0 Å². The van der Waals surface area contributed by atoms with Crippen LogP contribution in [0.25, 0.3) is 0 Å². The predicted octanol–water partition coefficient (Wildman–Crippen LogP) is 4.01. The second-order valence-corrected chi connectivity index (χ2v) is 7.07. The standard InChI is InChI=1S/C25H23N2O4.C2H6.Fm/c28-18-26-22(24(30)31)16-17-23(29)27-25(19-10-4-1-5-11-19,20-12-6-2-7-13-20)21-14-8-3-9-15-21;1-2;/h1-15,22H,16-17H2,(H,26,28)(H,27,29)(H,30,31);1-2H3;/q-1;;. The normalized spacial score (nSPS) is 11.0. The number of rotatable bonds is 10. The maximum absolute atomic E-state index is 13.1. The molecule has 34 heavy (non-hydrogen) atoms. The van der Waals surface area contributed by atoms with Gasteiger partial charge in [-0.3, -0.25) is 9.59 Å². The van der Waals surface area contributed by atoms with Gasteiger partial charge in [0, 0.05) is 6.42 Å². The van der Waals surface area contributed by atoms with Crippen molar-refractivity contribution in [3.05, 3.63) is 108 Å². The van der Waals surface area contributed by atoms with E-state index < -0.39 is 17.6 Å². The zero-order valence-electron chi connectivity index (χ0n) is 19.1. The summed E-state index contributed by atoms with van der Waals surface area (Å²) in [6, 6.07) is 27.7. The van der Waals surface area contributed by atoms with Crippen molar-refractivity contribution in [3.8, 4) is 0 Å². The summed E-state index contributed by atoms with van der Waals surface area (Å²) in [5.41, 5.74) is 1.64. The van der Waals surface area contributed by atoms with E-state index in [2.05, 4.69) is 10.6 Å². The molecular formula is C27H29FmN2O4-. The quantitative estimate of drug-likeness (QED) is 0.169. The predicted molar refractivity (Wildman–Crippen MR) is 128 cm³/mol. The van der Waals surface area contributed by atoms with Crippen LogP contribution in [0.5, 0.6) is 0 Å². The van der Waals surface area contributed by atoms with Crippen molar-refractivity contribution in [1.29, 1.82) is 0 Å². The first kappa shape index (κ1) is 27.1. The van der Waals surface area contributed by atoms with E-state index in [1.165, 1.54) is 6.41 Å². The van der Waals surface area contributed by atoms with Crippen molar-refractivity contribution in [2.24, 2.45) is 0 Å². The summed E-state index contributed by atoms with van der Waals surface area (Å²) >= 11 is 0. The Morgan fingerprint density at radius 1 is 0.824 bits per heavy atom. The second-order valence-electron chi connectivity index (χ2n) is 7.07. The van der Waals surface area contributed by atoms with Gasteiger partial charge in [0.05, 0.1) is 6.04 Å². The molecule has 3 aromatic carbocycles. The van der Waals surface area contributed by atoms with Gasteiger partial charge in [-0.25, -0.2) is 0 Å². The molecule has 0 bridgehead atoms. The molecule has 0 aliphatic rings. The largest absolute Gasteiger partial charge is 0.520 e. The number of carboxylic acids is 1. The third-order valence-corrected chi connectivity index (χ3v) is 5.14. The second kappa shape index (κ2) is 13.5. The first-order valence-electron chi connectivity index (χ1n) is 10.9. The number of hydrogen-bond acceptors (Lipinski definition) is 3. The topological polar surface area (TPSA) is 95.5 Å². The minimum Gasteiger partial charge on any atom is -0.520 e. The van der Waals surface area contributed by atoms with Crippen molar-refractivity contribution in [1.82, 2.24) is 10.6 Å². The fourth-order valence-corrected chi connectivity index (χ4v) is 3.66. The van der Waals surface area contributed by atoms with E-state index in [0.29, 0.717) is 0 Å². The molecule has 7 heteroatoms. The molecule has 0 aliphatic heterocycles. The summed E-state index contributed by atoms with van der Waals surface area (Å²) in [4.78, 5) is 34.9. The Morgan fingerprint density at radius 3 is 1.53 bits per heavy atom. The number of benzene rings is 3. The Balaban J connectivity index is 0.00000188. The summed E-state index contributed by atoms with van der Waals surface area (Å²) in [5, 5.41) is 14.5. The molecule has 0 spiro atoms.